The molecule has 37 heavy (non-hydrogen) atoms. The molecule has 10 heteroatoms. The van der Waals surface area contributed by atoms with Crippen LogP contribution < -0.4 is 0 Å². The van der Waals surface area contributed by atoms with Crippen LogP contribution in [0, 0.1) is 0 Å². The van der Waals surface area contributed by atoms with Crippen molar-refractivity contribution >= 4 is 17.7 Å². The van der Waals surface area contributed by atoms with Crippen molar-refractivity contribution in [3.8, 4) is 0 Å². The van der Waals surface area contributed by atoms with Crippen molar-refractivity contribution in [2.24, 2.45) is 0 Å². The van der Waals surface area contributed by atoms with E-state index in [-0.39, 0.29) is 32.2 Å². The molecule has 0 saturated heterocycles. The van der Waals surface area contributed by atoms with Gasteiger partial charge in [-0.2, -0.15) is 0 Å². The topological polar surface area (TPSA) is 110 Å². The molecular weight excluding hydrogens is 482 g/mol. The van der Waals surface area contributed by atoms with Gasteiger partial charge in [-0.15, -0.1) is 0 Å². The zero-order valence-corrected chi connectivity index (χ0v) is 23.0. The molecule has 0 amide bonds. The first kappa shape index (κ1) is 34.6. The first-order valence-electron chi connectivity index (χ1n) is 12.4. The summed E-state index contributed by atoms with van der Waals surface area (Å²) < 4.78 is 32.7. The lowest BCUT2D eigenvalue weighted by molar-refractivity contribution is -0.140. The van der Waals surface area contributed by atoms with Gasteiger partial charge in [-0.1, -0.05) is 19.7 Å². The highest BCUT2D eigenvalue weighted by Crippen LogP contribution is 2.18. The molecule has 0 spiro atoms. The molecule has 0 bridgehead atoms. The van der Waals surface area contributed by atoms with E-state index in [1.165, 1.54) is 6.08 Å². The van der Waals surface area contributed by atoms with Crippen molar-refractivity contribution in [2.75, 3.05) is 72.5 Å². The SMILES string of the molecule is C=CC(=O)OCCOCCN(CCOCCOC(=O)C=C)CCOC(C)(C)CCOC(C)(C)C(=O)C=C. The van der Waals surface area contributed by atoms with Crippen LogP contribution in [0.15, 0.2) is 38.0 Å². The average molecular weight is 528 g/mol. The highest BCUT2D eigenvalue weighted by Gasteiger charge is 2.27. The summed E-state index contributed by atoms with van der Waals surface area (Å²) in [5.41, 5.74) is -1.36. The van der Waals surface area contributed by atoms with Gasteiger partial charge >= 0.3 is 11.9 Å². The molecule has 0 rings (SSSR count). The van der Waals surface area contributed by atoms with Crippen LogP contribution >= 0.6 is 0 Å². The van der Waals surface area contributed by atoms with E-state index in [1.54, 1.807) is 13.8 Å². The van der Waals surface area contributed by atoms with E-state index in [0.717, 1.165) is 12.2 Å². The Hall–Kier alpha value is -2.37. The molecule has 10 nitrogen and oxygen atoms in total. The van der Waals surface area contributed by atoms with Crippen LogP contribution in [0.5, 0.6) is 0 Å². The first-order valence-corrected chi connectivity index (χ1v) is 12.4. The van der Waals surface area contributed by atoms with Gasteiger partial charge < -0.3 is 28.4 Å². The molecule has 0 radical (unpaired) electrons. The fourth-order valence-corrected chi connectivity index (χ4v) is 2.84. The first-order chi connectivity index (χ1) is 17.5. The summed E-state index contributed by atoms with van der Waals surface area (Å²) in [6.07, 6.45) is 4.09. The normalized spacial score (nSPS) is 11.7. The molecule has 0 aromatic carbocycles. The monoisotopic (exact) mass is 527 g/mol. The Morgan fingerprint density at radius 3 is 1.59 bits per heavy atom. The number of nitrogens with zero attached hydrogens (tertiary/aromatic N) is 1. The standard InChI is InChI=1S/C27H45NO9/c1-8-23(29)27(6,7)37-15-11-26(4,5)36-18-14-28(12-16-32-19-21-34-24(30)9-2)13-17-33-20-22-35-25(31)10-3/h8-10H,1-3,11-22H2,4-7H3. The van der Waals surface area contributed by atoms with Gasteiger partial charge in [0.25, 0.3) is 0 Å². The Kier molecular flexibility index (Phi) is 18.4. The zero-order valence-electron chi connectivity index (χ0n) is 23.0. The van der Waals surface area contributed by atoms with Crippen molar-refractivity contribution in [1.82, 2.24) is 4.90 Å². The fourth-order valence-electron chi connectivity index (χ4n) is 2.84. The van der Waals surface area contributed by atoms with Crippen LogP contribution in [-0.4, -0.2) is 106 Å². The van der Waals surface area contributed by atoms with Crippen LogP contribution in [0.25, 0.3) is 0 Å². The molecule has 0 heterocycles. The van der Waals surface area contributed by atoms with Gasteiger partial charge in [0.15, 0.2) is 5.78 Å². The van der Waals surface area contributed by atoms with Gasteiger partial charge in [0.2, 0.25) is 0 Å². The number of hydrogen-bond acceptors (Lipinski definition) is 10. The second-order valence-corrected chi connectivity index (χ2v) is 9.09. The van der Waals surface area contributed by atoms with E-state index < -0.39 is 23.1 Å². The summed E-state index contributed by atoms with van der Waals surface area (Å²) in [6.45, 7) is 22.1. The second-order valence-electron chi connectivity index (χ2n) is 9.09. The molecule has 0 unspecified atom stereocenters. The molecule has 0 aromatic rings. The van der Waals surface area contributed by atoms with Crippen molar-refractivity contribution in [1.29, 1.82) is 0 Å². The maximum Gasteiger partial charge on any atom is 0.330 e. The smallest absolute Gasteiger partial charge is 0.330 e. The Bertz CT molecular complexity index is 687. The molecule has 0 atom stereocenters. The van der Waals surface area contributed by atoms with Gasteiger partial charge in [-0.3, -0.25) is 9.69 Å². The van der Waals surface area contributed by atoms with Crippen LogP contribution in [0.3, 0.4) is 0 Å². The minimum absolute atomic E-state index is 0.159. The van der Waals surface area contributed by atoms with Crippen LogP contribution in [-0.2, 0) is 42.8 Å². The van der Waals surface area contributed by atoms with Crippen LogP contribution in [0.2, 0.25) is 0 Å². The molecule has 0 fully saturated rings. The van der Waals surface area contributed by atoms with Crippen LogP contribution in [0.1, 0.15) is 34.1 Å². The van der Waals surface area contributed by atoms with E-state index in [0.29, 0.717) is 52.5 Å². The van der Waals surface area contributed by atoms with Gasteiger partial charge in [0.1, 0.15) is 18.8 Å². The summed E-state index contributed by atoms with van der Waals surface area (Å²) in [5, 5.41) is 0. The van der Waals surface area contributed by atoms with Crippen molar-refractivity contribution < 1.29 is 42.8 Å². The third kappa shape index (κ3) is 18.5. The Morgan fingerprint density at radius 1 is 0.649 bits per heavy atom. The van der Waals surface area contributed by atoms with Gasteiger partial charge in [-0.05, 0) is 40.2 Å². The molecule has 0 aliphatic heterocycles. The number of esters is 2. The van der Waals surface area contributed by atoms with E-state index >= 15 is 0 Å². The Labute approximate surface area is 221 Å². The number of carbonyl (C=O) groups is 3. The van der Waals surface area contributed by atoms with Crippen molar-refractivity contribution in [3.05, 3.63) is 38.0 Å². The lowest BCUT2D eigenvalue weighted by atomic mass is 10.0. The molecule has 0 aliphatic carbocycles. The van der Waals surface area contributed by atoms with Gasteiger partial charge in [0.05, 0.1) is 45.2 Å². The highest BCUT2D eigenvalue weighted by molar-refractivity contribution is 5.95. The summed E-state index contributed by atoms with van der Waals surface area (Å²) in [7, 11) is 0. The molecule has 212 valence electrons. The lowest BCUT2D eigenvalue weighted by Gasteiger charge is -2.30. The van der Waals surface area contributed by atoms with Crippen molar-refractivity contribution in [3.63, 3.8) is 0 Å². The average Bonchev–Trinajstić information content (AvgIpc) is 2.86. The third-order valence-corrected chi connectivity index (χ3v) is 5.23. The third-order valence-electron chi connectivity index (χ3n) is 5.23. The number of rotatable bonds is 24. The number of ether oxygens (including phenoxy) is 6. The number of carbonyl (C=O) groups excluding carboxylic acids is 3. The van der Waals surface area contributed by atoms with Crippen LogP contribution in [0.4, 0.5) is 0 Å². The molecule has 0 aromatic heterocycles. The largest absolute Gasteiger partial charge is 0.460 e. The highest BCUT2D eigenvalue weighted by atomic mass is 16.6. The Balaban J connectivity index is 4.48. The molecule has 0 saturated carbocycles. The molecule has 0 N–H and O–H groups in total. The van der Waals surface area contributed by atoms with Crippen molar-refractivity contribution in [2.45, 2.75) is 45.3 Å². The maximum atomic E-state index is 11.9. The number of ketones is 1. The molecular formula is C27H45NO9. The summed E-state index contributed by atoms with van der Waals surface area (Å²) in [5.74, 6) is -1.13. The quantitative estimate of drug-likeness (QED) is 0.105. The van der Waals surface area contributed by atoms with E-state index in [2.05, 4.69) is 24.6 Å². The van der Waals surface area contributed by atoms with E-state index in [1.807, 2.05) is 13.8 Å². The predicted molar refractivity (Wildman–Crippen MR) is 140 cm³/mol. The summed E-state index contributed by atoms with van der Waals surface area (Å²) >= 11 is 0. The summed E-state index contributed by atoms with van der Waals surface area (Å²) in [6, 6.07) is 0. The van der Waals surface area contributed by atoms with E-state index in [4.69, 9.17) is 28.4 Å². The minimum Gasteiger partial charge on any atom is -0.460 e. The maximum absolute atomic E-state index is 11.9. The summed E-state index contributed by atoms with van der Waals surface area (Å²) in [4.78, 5) is 36.1. The van der Waals surface area contributed by atoms with Gasteiger partial charge in [-0.25, -0.2) is 9.59 Å². The molecule has 0 aliphatic rings. The zero-order chi connectivity index (χ0) is 28.2. The minimum atomic E-state index is -0.914. The number of hydrogen-bond donors (Lipinski definition) is 0. The Morgan fingerprint density at radius 2 is 1.14 bits per heavy atom. The predicted octanol–water partition coefficient (Wildman–Crippen LogP) is 2.52. The lowest BCUT2D eigenvalue weighted by Crippen LogP contribution is -2.38. The second kappa shape index (κ2) is 19.7. The van der Waals surface area contributed by atoms with E-state index in [9.17, 15) is 14.4 Å². The fraction of sp³-hybridized carbons (Fsp3) is 0.667. The van der Waals surface area contributed by atoms with Gasteiger partial charge in [0, 0.05) is 31.8 Å².